The van der Waals surface area contributed by atoms with Crippen molar-refractivity contribution in [3.8, 4) is 16.9 Å². The summed E-state index contributed by atoms with van der Waals surface area (Å²) in [7, 11) is 0. The minimum Gasteiger partial charge on any atom is -0.490 e. The van der Waals surface area contributed by atoms with Crippen molar-refractivity contribution in [2.75, 3.05) is 6.61 Å². The number of hydrogen-bond donors (Lipinski definition) is 0. The highest BCUT2D eigenvalue weighted by Gasteiger charge is 2.65. The topological polar surface area (TPSA) is 9.23 Å². The molecule has 0 heterocycles. The maximum Gasteiger partial charge on any atom is 0.343 e. The molecule has 0 radical (unpaired) electrons. The molecule has 1 fully saturated rings. The molecule has 2 aliphatic rings. The van der Waals surface area contributed by atoms with Crippen LogP contribution in [-0.4, -0.2) is 6.61 Å². The lowest BCUT2D eigenvalue weighted by molar-refractivity contribution is -0.227. The highest BCUT2D eigenvalue weighted by Crippen LogP contribution is 2.59. The van der Waals surface area contributed by atoms with E-state index in [1.54, 1.807) is 0 Å². The van der Waals surface area contributed by atoms with Gasteiger partial charge < -0.3 is 4.74 Å². The first-order valence-electron chi connectivity index (χ1n) is 10.7. The zero-order chi connectivity index (χ0) is 22.4. The molecular weight excluding hydrogens is 418 g/mol. The molecule has 0 unspecified atom stereocenters. The van der Waals surface area contributed by atoms with Gasteiger partial charge in [0.1, 0.15) is 5.82 Å². The Morgan fingerprint density at radius 2 is 1.45 bits per heavy atom. The molecule has 168 valence electrons. The van der Waals surface area contributed by atoms with E-state index < -0.39 is 51.5 Å². The first-order chi connectivity index (χ1) is 14.7. The van der Waals surface area contributed by atoms with Gasteiger partial charge in [-0.2, -0.15) is 17.6 Å². The lowest BCUT2D eigenvalue weighted by Crippen LogP contribution is -2.41. The maximum absolute atomic E-state index is 15.1. The smallest absolute Gasteiger partial charge is 0.343 e. The van der Waals surface area contributed by atoms with Crippen molar-refractivity contribution in [3.63, 3.8) is 0 Å². The van der Waals surface area contributed by atoms with Gasteiger partial charge in [0.25, 0.3) is 0 Å². The molecular formula is C24H24F6O. The summed E-state index contributed by atoms with van der Waals surface area (Å²) in [6.07, 6.45) is 6.18. The van der Waals surface area contributed by atoms with Gasteiger partial charge in [0, 0.05) is 0 Å². The first-order valence-corrected chi connectivity index (χ1v) is 10.7. The zero-order valence-corrected chi connectivity index (χ0v) is 17.2. The van der Waals surface area contributed by atoms with Crippen molar-refractivity contribution in [3.05, 3.63) is 53.1 Å². The Morgan fingerprint density at radius 1 is 0.839 bits per heavy atom. The van der Waals surface area contributed by atoms with E-state index in [-0.39, 0.29) is 12.5 Å². The van der Waals surface area contributed by atoms with Crippen LogP contribution in [0, 0.1) is 23.5 Å². The van der Waals surface area contributed by atoms with Crippen LogP contribution in [-0.2, 0) is 11.8 Å². The highest BCUT2D eigenvalue weighted by atomic mass is 19.3. The maximum atomic E-state index is 15.1. The summed E-state index contributed by atoms with van der Waals surface area (Å²) in [6.45, 7) is 2.28. The number of alkyl halides is 4. The summed E-state index contributed by atoms with van der Waals surface area (Å²) in [4.78, 5) is 0. The predicted octanol–water partition coefficient (Wildman–Crippen LogP) is 7.81. The molecule has 2 aromatic rings. The van der Waals surface area contributed by atoms with Crippen LogP contribution < -0.4 is 4.74 Å². The fourth-order valence-corrected chi connectivity index (χ4v) is 4.88. The molecule has 4 rings (SSSR count). The van der Waals surface area contributed by atoms with Crippen LogP contribution >= 0.6 is 0 Å². The number of hydrogen-bond acceptors (Lipinski definition) is 1. The highest BCUT2D eigenvalue weighted by molar-refractivity contribution is 5.77. The molecule has 7 heteroatoms. The second-order valence-corrected chi connectivity index (χ2v) is 8.60. The van der Waals surface area contributed by atoms with Gasteiger partial charge in [-0.1, -0.05) is 44.7 Å². The molecule has 2 aliphatic carbocycles. The van der Waals surface area contributed by atoms with E-state index >= 15 is 4.39 Å². The fraction of sp³-hybridized carbons (Fsp3) is 0.500. The second kappa shape index (κ2) is 8.06. The number of fused-ring (bicyclic) bond motifs is 3. The van der Waals surface area contributed by atoms with Crippen molar-refractivity contribution in [1.82, 2.24) is 0 Å². The average Bonchev–Trinajstić information content (AvgIpc) is 2.72. The summed E-state index contributed by atoms with van der Waals surface area (Å²) in [6, 6.07) is 5.18. The Labute approximate surface area is 177 Å². The molecule has 1 saturated carbocycles. The van der Waals surface area contributed by atoms with E-state index in [0.717, 1.165) is 56.4 Å². The van der Waals surface area contributed by atoms with E-state index in [0.29, 0.717) is 12.0 Å². The van der Waals surface area contributed by atoms with Crippen molar-refractivity contribution in [2.24, 2.45) is 11.8 Å². The molecule has 0 bridgehead atoms. The zero-order valence-electron chi connectivity index (χ0n) is 17.2. The molecule has 0 saturated heterocycles. The van der Waals surface area contributed by atoms with Gasteiger partial charge in [0.05, 0.1) is 17.7 Å². The first kappa shape index (κ1) is 22.0. The van der Waals surface area contributed by atoms with E-state index in [2.05, 4.69) is 6.92 Å². The second-order valence-electron chi connectivity index (χ2n) is 8.60. The Bertz CT molecular complexity index is 963. The number of halogens is 6. The minimum absolute atomic E-state index is 0.141. The van der Waals surface area contributed by atoms with E-state index in [4.69, 9.17) is 4.74 Å². The van der Waals surface area contributed by atoms with Crippen LogP contribution in [0.1, 0.15) is 56.6 Å². The van der Waals surface area contributed by atoms with Crippen LogP contribution in [0.2, 0.25) is 0 Å². The SMILES string of the molecule is CCCC1CCC(COc2ccc3c(c2F)C(F)(F)C(F)(F)c2c(F)cccc2-3)CC1. The van der Waals surface area contributed by atoms with Gasteiger partial charge in [0.2, 0.25) is 0 Å². The summed E-state index contributed by atoms with van der Waals surface area (Å²) in [5.74, 6) is -12.4. The Kier molecular flexibility index (Phi) is 5.73. The molecule has 0 N–H and O–H groups in total. The van der Waals surface area contributed by atoms with Gasteiger partial charge in [-0.3, -0.25) is 0 Å². The third-order valence-corrected chi connectivity index (χ3v) is 6.57. The number of benzene rings is 2. The van der Waals surface area contributed by atoms with Crippen LogP contribution in [0.15, 0.2) is 30.3 Å². The van der Waals surface area contributed by atoms with E-state index in [9.17, 15) is 22.0 Å². The van der Waals surface area contributed by atoms with Crippen molar-refractivity contribution in [2.45, 2.75) is 57.3 Å². The van der Waals surface area contributed by atoms with Crippen molar-refractivity contribution >= 4 is 0 Å². The monoisotopic (exact) mass is 442 g/mol. The Balaban J connectivity index is 1.63. The molecule has 0 amide bonds. The largest absolute Gasteiger partial charge is 0.490 e. The summed E-state index contributed by atoms with van der Waals surface area (Å²) < 4.78 is 93.4. The number of rotatable bonds is 5. The van der Waals surface area contributed by atoms with Crippen LogP contribution in [0.25, 0.3) is 11.1 Å². The third-order valence-electron chi connectivity index (χ3n) is 6.57. The minimum atomic E-state index is -4.92. The van der Waals surface area contributed by atoms with E-state index in [1.165, 1.54) is 6.42 Å². The van der Waals surface area contributed by atoms with Crippen LogP contribution in [0.5, 0.6) is 5.75 Å². The third kappa shape index (κ3) is 3.60. The molecule has 2 aromatic carbocycles. The summed E-state index contributed by atoms with van der Waals surface area (Å²) in [5, 5.41) is 0. The van der Waals surface area contributed by atoms with Gasteiger partial charge >= 0.3 is 11.8 Å². The molecule has 0 atom stereocenters. The molecule has 0 spiro atoms. The van der Waals surface area contributed by atoms with Crippen molar-refractivity contribution in [1.29, 1.82) is 0 Å². The van der Waals surface area contributed by atoms with Gasteiger partial charge in [-0.05, 0) is 54.0 Å². The lowest BCUT2D eigenvalue weighted by Gasteiger charge is -2.35. The molecule has 31 heavy (non-hydrogen) atoms. The van der Waals surface area contributed by atoms with Gasteiger partial charge in [-0.15, -0.1) is 0 Å². The van der Waals surface area contributed by atoms with Gasteiger partial charge in [0.15, 0.2) is 11.6 Å². The molecule has 1 nitrogen and oxygen atoms in total. The normalized spacial score (nSPS) is 23.7. The quantitative estimate of drug-likeness (QED) is 0.429. The standard InChI is InChI=1S/C24H24F6O/c1-2-4-14-7-9-15(10-8-14)13-31-19-12-11-17-16-5-3-6-18(25)20(16)23(27,28)24(29,30)21(17)22(19)26/h3,5-6,11-12,14-15H,2,4,7-10,13H2,1H3. The van der Waals surface area contributed by atoms with Crippen LogP contribution in [0.4, 0.5) is 26.3 Å². The molecule has 0 aliphatic heterocycles. The fourth-order valence-electron chi connectivity index (χ4n) is 4.88. The van der Waals surface area contributed by atoms with Gasteiger partial charge in [-0.25, -0.2) is 8.78 Å². The average molecular weight is 442 g/mol. The summed E-state index contributed by atoms with van der Waals surface area (Å²) in [5.41, 5.74) is -3.75. The lowest BCUT2D eigenvalue weighted by atomic mass is 9.79. The van der Waals surface area contributed by atoms with Crippen LogP contribution in [0.3, 0.4) is 0 Å². The summed E-state index contributed by atoms with van der Waals surface area (Å²) >= 11 is 0. The van der Waals surface area contributed by atoms with E-state index in [1.807, 2.05) is 0 Å². The molecule has 0 aromatic heterocycles. The Morgan fingerprint density at radius 3 is 2.13 bits per heavy atom. The predicted molar refractivity (Wildman–Crippen MR) is 105 cm³/mol. The number of ether oxygens (including phenoxy) is 1. The van der Waals surface area contributed by atoms with Crippen molar-refractivity contribution < 1.29 is 31.1 Å². The Hall–Kier alpha value is -2.18.